The minimum atomic E-state index is -4.01. The number of hydrogen-bond donors (Lipinski definition) is 2. The number of fused-ring (bicyclic) bond motifs is 4. The molecule has 0 aromatic heterocycles. The van der Waals surface area contributed by atoms with E-state index in [4.69, 9.17) is 21.1 Å². The zero-order chi connectivity index (χ0) is 34.7. The number of halogens is 1. The van der Waals surface area contributed by atoms with Crippen molar-refractivity contribution >= 4 is 39.1 Å². The van der Waals surface area contributed by atoms with Crippen molar-refractivity contribution in [3.8, 4) is 5.75 Å². The topological polar surface area (TPSA) is 125 Å². The Labute approximate surface area is 294 Å². The molecule has 2 aromatic carbocycles. The third-order valence-electron chi connectivity index (χ3n) is 12.3. The van der Waals surface area contributed by atoms with Gasteiger partial charge in [0.2, 0.25) is 10.0 Å². The van der Waals surface area contributed by atoms with Crippen LogP contribution in [0.2, 0.25) is 5.02 Å². The molecule has 2 amide bonds. The first-order chi connectivity index (χ1) is 23.3. The van der Waals surface area contributed by atoms with Crippen LogP contribution < -0.4 is 14.4 Å². The average Bonchev–Trinajstić information content (AvgIpc) is 3.20. The number of carbonyl (C=O) groups is 2. The molecule has 266 valence electrons. The van der Waals surface area contributed by atoms with E-state index >= 15 is 0 Å². The summed E-state index contributed by atoms with van der Waals surface area (Å²) in [4.78, 5) is 31.0. The van der Waals surface area contributed by atoms with Crippen molar-refractivity contribution in [2.45, 2.75) is 87.6 Å². The number of aryl methyl sites for hydroxylation is 1. The van der Waals surface area contributed by atoms with E-state index in [1.807, 2.05) is 13.0 Å². The van der Waals surface area contributed by atoms with Crippen LogP contribution in [0.1, 0.15) is 80.3 Å². The Hall–Kier alpha value is -2.86. The standard InChI is InChI=1S/C37H48ClN3O7S/c1-23-6-4-15-37(44,33-35(43)40(3)16-17-47-33)30-11-8-27(30)20-41-21-36(14-5-7-25-18-28(38)10-12-29(25)36)22-48-32-13-9-26(19-31(32)41)34(42)39-49(45,46)24(23)2/h9-10,12-13,18-19,23-24,27,30,33,44H,4-8,11,14-17,20-22H2,1-3H3,(H,39,42)/t23-,24+,27-,30+,33-,36-,37+/m0/s1. The highest BCUT2D eigenvalue weighted by atomic mass is 35.5. The maximum absolute atomic E-state index is 13.6. The molecule has 3 aliphatic heterocycles. The van der Waals surface area contributed by atoms with Crippen LogP contribution in [0.5, 0.6) is 5.75 Å². The molecule has 1 saturated heterocycles. The number of sulfonamides is 1. The Kier molecular flexibility index (Phi) is 9.20. The van der Waals surface area contributed by atoms with Crippen molar-refractivity contribution in [1.82, 2.24) is 9.62 Å². The zero-order valence-corrected chi connectivity index (χ0v) is 30.2. The number of anilines is 1. The van der Waals surface area contributed by atoms with Crippen LogP contribution in [0.25, 0.3) is 0 Å². The Morgan fingerprint density at radius 1 is 1.04 bits per heavy atom. The lowest BCUT2D eigenvalue weighted by Crippen LogP contribution is -2.64. The summed E-state index contributed by atoms with van der Waals surface area (Å²) >= 11 is 6.44. The monoisotopic (exact) mass is 713 g/mol. The van der Waals surface area contributed by atoms with Gasteiger partial charge < -0.3 is 24.4 Å². The normalized spacial score (nSPS) is 34.9. The van der Waals surface area contributed by atoms with Crippen molar-refractivity contribution in [3.05, 3.63) is 58.1 Å². The van der Waals surface area contributed by atoms with E-state index in [-0.39, 0.29) is 34.6 Å². The van der Waals surface area contributed by atoms with Gasteiger partial charge in [-0.15, -0.1) is 0 Å². The summed E-state index contributed by atoms with van der Waals surface area (Å²) in [6.45, 7) is 5.90. The molecule has 49 heavy (non-hydrogen) atoms. The molecule has 2 N–H and O–H groups in total. The summed E-state index contributed by atoms with van der Waals surface area (Å²) in [6, 6.07) is 11.2. The van der Waals surface area contributed by atoms with E-state index in [1.54, 1.807) is 37.1 Å². The number of nitrogens with zero attached hydrogens (tertiary/aromatic N) is 2. The Bertz CT molecular complexity index is 1740. The summed E-state index contributed by atoms with van der Waals surface area (Å²) in [6.07, 6.45) is 4.78. The maximum atomic E-state index is 13.6. The van der Waals surface area contributed by atoms with Crippen molar-refractivity contribution in [2.24, 2.45) is 17.8 Å². The second kappa shape index (κ2) is 13.0. The molecule has 2 bridgehead atoms. The minimum absolute atomic E-state index is 0.0482. The Balaban J connectivity index is 1.32. The third kappa shape index (κ3) is 6.23. The Morgan fingerprint density at radius 3 is 2.63 bits per heavy atom. The Morgan fingerprint density at radius 2 is 1.86 bits per heavy atom. The smallest absolute Gasteiger partial charge is 0.264 e. The second-order valence-electron chi connectivity index (χ2n) is 15.3. The van der Waals surface area contributed by atoms with E-state index in [9.17, 15) is 23.1 Å². The average molecular weight is 714 g/mol. The zero-order valence-electron chi connectivity index (χ0n) is 28.6. The van der Waals surface area contributed by atoms with Crippen LogP contribution in [-0.2, 0) is 31.4 Å². The largest absolute Gasteiger partial charge is 0.490 e. The fraction of sp³-hybridized carbons (Fsp3) is 0.622. The van der Waals surface area contributed by atoms with E-state index in [0.717, 1.165) is 37.8 Å². The molecule has 10 nitrogen and oxygen atoms in total. The fourth-order valence-electron chi connectivity index (χ4n) is 9.07. The number of carbonyl (C=O) groups excluding carboxylic acids is 2. The summed E-state index contributed by atoms with van der Waals surface area (Å²) in [5.41, 5.74) is 1.61. The number of hydrogen-bond acceptors (Lipinski definition) is 8. The molecule has 1 saturated carbocycles. The van der Waals surface area contributed by atoms with Crippen molar-refractivity contribution in [3.63, 3.8) is 0 Å². The molecule has 2 aliphatic carbocycles. The molecule has 7 atom stereocenters. The first-order valence-electron chi connectivity index (χ1n) is 17.8. The SMILES string of the molecule is C[C@@H]1[C@@H](C)CCC[C@](O)([C@H]2OCCN(C)C2=O)[C@@H]2CC[C@H]2CN2C[C@@]3(CCCc4cc(Cl)ccc43)COc3ccc(cc32)C(=O)NS1(=O)=O. The highest BCUT2D eigenvalue weighted by molar-refractivity contribution is 7.90. The van der Waals surface area contributed by atoms with Gasteiger partial charge in [-0.3, -0.25) is 9.59 Å². The van der Waals surface area contributed by atoms with E-state index in [0.29, 0.717) is 62.9 Å². The number of nitrogens with one attached hydrogen (secondary N) is 1. The molecule has 2 aromatic rings. The summed E-state index contributed by atoms with van der Waals surface area (Å²) in [5, 5.41) is 12.5. The van der Waals surface area contributed by atoms with Crippen LogP contribution >= 0.6 is 11.6 Å². The van der Waals surface area contributed by atoms with Crippen LogP contribution in [0, 0.1) is 17.8 Å². The fourth-order valence-corrected chi connectivity index (χ4v) is 10.6. The summed E-state index contributed by atoms with van der Waals surface area (Å²) in [5.74, 6) is -0.713. The van der Waals surface area contributed by atoms with Gasteiger partial charge in [-0.2, -0.15) is 0 Å². The number of likely N-dealkylation sites (N-methyl/N-ethyl adjacent to an activating group) is 1. The van der Waals surface area contributed by atoms with Gasteiger partial charge in [-0.05, 0) is 111 Å². The van der Waals surface area contributed by atoms with Gasteiger partial charge in [-0.1, -0.05) is 31.0 Å². The van der Waals surface area contributed by atoms with Gasteiger partial charge >= 0.3 is 0 Å². The molecule has 2 fully saturated rings. The van der Waals surface area contributed by atoms with Crippen molar-refractivity contribution in [2.75, 3.05) is 44.8 Å². The summed E-state index contributed by atoms with van der Waals surface area (Å²) in [7, 11) is -2.27. The van der Waals surface area contributed by atoms with E-state index in [1.165, 1.54) is 11.1 Å². The molecule has 3 heterocycles. The minimum Gasteiger partial charge on any atom is -0.490 e. The van der Waals surface area contributed by atoms with Gasteiger partial charge in [-0.25, -0.2) is 13.1 Å². The van der Waals surface area contributed by atoms with Crippen LogP contribution in [0.3, 0.4) is 0 Å². The van der Waals surface area contributed by atoms with Crippen molar-refractivity contribution in [1.29, 1.82) is 0 Å². The summed E-state index contributed by atoms with van der Waals surface area (Å²) < 4.78 is 42.0. The predicted octanol–water partition coefficient (Wildman–Crippen LogP) is 4.70. The van der Waals surface area contributed by atoms with Gasteiger partial charge in [0.25, 0.3) is 11.8 Å². The number of benzene rings is 2. The van der Waals surface area contributed by atoms with Crippen LogP contribution in [0.15, 0.2) is 36.4 Å². The molecular weight excluding hydrogens is 666 g/mol. The van der Waals surface area contributed by atoms with E-state index in [2.05, 4.69) is 21.8 Å². The molecule has 0 unspecified atom stereocenters. The lowest BCUT2D eigenvalue weighted by molar-refractivity contribution is -0.202. The molecule has 0 radical (unpaired) electrons. The van der Waals surface area contributed by atoms with E-state index < -0.39 is 32.9 Å². The van der Waals surface area contributed by atoms with Gasteiger partial charge in [0.05, 0.1) is 24.2 Å². The van der Waals surface area contributed by atoms with Gasteiger partial charge in [0.1, 0.15) is 11.4 Å². The molecule has 7 rings (SSSR count). The van der Waals surface area contributed by atoms with Gasteiger partial charge in [0, 0.05) is 42.7 Å². The van der Waals surface area contributed by atoms with Crippen LogP contribution in [-0.4, -0.2) is 87.1 Å². The number of amides is 2. The number of rotatable bonds is 1. The third-order valence-corrected chi connectivity index (χ3v) is 14.5. The highest BCUT2D eigenvalue weighted by Crippen LogP contribution is 2.50. The first kappa shape index (κ1) is 34.6. The molecular formula is C37H48ClN3O7S. The lowest BCUT2D eigenvalue weighted by atomic mass is 9.60. The first-order valence-corrected chi connectivity index (χ1v) is 19.7. The number of ether oxygens (including phenoxy) is 2. The molecule has 12 heteroatoms. The second-order valence-corrected chi connectivity index (χ2v) is 17.8. The van der Waals surface area contributed by atoms with Gasteiger partial charge in [0.15, 0.2) is 6.10 Å². The molecule has 1 spiro atoms. The number of aliphatic hydroxyl groups is 1. The number of morpholine rings is 1. The maximum Gasteiger partial charge on any atom is 0.264 e. The highest BCUT2D eigenvalue weighted by Gasteiger charge is 2.56. The van der Waals surface area contributed by atoms with Crippen LogP contribution in [0.4, 0.5) is 5.69 Å². The lowest BCUT2D eigenvalue weighted by Gasteiger charge is -2.53. The molecule has 5 aliphatic rings. The predicted molar refractivity (Wildman–Crippen MR) is 188 cm³/mol. The van der Waals surface area contributed by atoms with Crippen molar-refractivity contribution < 1.29 is 32.6 Å². The quantitative estimate of drug-likeness (QED) is 0.436.